The summed E-state index contributed by atoms with van der Waals surface area (Å²) in [6.07, 6.45) is 0. The van der Waals surface area contributed by atoms with Crippen molar-refractivity contribution >= 4 is 65.0 Å². The molecular weight excluding hydrogens is 641 g/mol. The highest BCUT2D eigenvalue weighted by Crippen LogP contribution is 2.47. The fourth-order valence-corrected chi connectivity index (χ4v) is 8.01. The predicted molar refractivity (Wildman–Crippen MR) is 225 cm³/mol. The Hall–Kier alpha value is -6.96. The van der Waals surface area contributed by atoms with Crippen LogP contribution in [0.15, 0.2) is 198 Å². The SMILES string of the molecule is [2H]c1c([2H])c([2H])c2c(-c3c4ccccc4c(-c4ccccc4)c4c([2H])c([2H])c([2H])c([2H])c34)c([2H])c([2H])c(-c3ccc4oc5c(-c6cccc7ccccc67)cccc5c4c3)c2c1[2H]. The Morgan fingerprint density at radius 1 is 0.340 bits per heavy atom. The summed E-state index contributed by atoms with van der Waals surface area (Å²) in [5.41, 5.74) is 5.14. The molecule has 0 aliphatic carbocycles. The van der Waals surface area contributed by atoms with Gasteiger partial charge in [-0.1, -0.05) is 182 Å². The van der Waals surface area contributed by atoms with Crippen molar-refractivity contribution < 1.29 is 18.1 Å². The maximum absolute atomic E-state index is 9.89. The van der Waals surface area contributed by atoms with E-state index in [1.54, 1.807) is 24.3 Å². The van der Waals surface area contributed by atoms with Crippen LogP contribution in [-0.4, -0.2) is 0 Å². The Labute approximate surface area is 321 Å². The lowest BCUT2D eigenvalue weighted by Crippen LogP contribution is -1.92. The van der Waals surface area contributed by atoms with E-state index in [0.29, 0.717) is 38.6 Å². The number of furan rings is 1. The smallest absolute Gasteiger partial charge is 0.143 e. The molecule has 1 heteroatoms. The van der Waals surface area contributed by atoms with Gasteiger partial charge in [-0.05, 0) is 94.2 Å². The summed E-state index contributed by atoms with van der Waals surface area (Å²) in [6.45, 7) is 0. The van der Waals surface area contributed by atoms with Crippen molar-refractivity contribution in [1.29, 1.82) is 0 Å². The number of fused-ring (bicyclic) bond motifs is 7. The second-order valence-corrected chi connectivity index (χ2v) is 13.2. The Morgan fingerprint density at radius 2 is 0.925 bits per heavy atom. The van der Waals surface area contributed by atoms with Gasteiger partial charge in [0, 0.05) is 16.3 Å². The summed E-state index contributed by atoms with van der Waals surface area (Å²) in [6, 6.07) is 38.0. The van der Waals surface area contributed by atoms with E-state index >= 15 is 0 Å². The molecule has 10 aromatic carbocycles. The zero-order valence-corrected chi connectivity index (χ0v) is 28.1. The minimum Gasteiger partial charge on any atom is -0.455 e. The highest BCUT2D eigenvalue weighted by atomic mass is 16.3. The Kier molecular flexibility index (Phi) is 4.77. The van der Waals surface area contributed by atoms with E-state index in [0.717, 1.165) is 32.7 Å². The van der Waals surface area contributed by atoms with Gasteiger partial charge < -0.3 is 4.42 Å². The zero-order valence-electron chi connectivity index (χ0n) is 38.1. The van der Waals surface area contributed by atoms with Crippen LogP contribution in [0.5, 0.6) is 0 Å². The van der Waals surface area contributed by atoms with Crippen LogP contribution in [0.1, 0.15) is 13.7 Å². The van der Waals surface area contributed by atoms with Crippen LogP contribution in [0, 0.1) is 0 Å². The lowest BCUT2D eigenvalue weighted by atomic mass is 9.84. The van der Waals surface area contributed by atoms with Gasteiger partial charge in [0.25, 0.3) is 0 Å². The third-order valence-corrected chi connectivity index (χ3v) is 10.3. The van der Waals surface area contributed by atoms with Gasteiger partial charge in [-0.2, -0.15) is 0 Å². The van der Waals surface area contributed by atoms with Crippen LogP contribution in [0.2, 0.25) is 0 Å². The van der Waals surface area contributed by atoms with E-state index < -0.39 is 36.3 Å². The minimum absolute atomic E-state index is 0.0193. The normalized spacial score (nSPS) is 14.4. The van der Waals surface area contributed by atoms with E-state index in [1.165, 1.54) is 0 Å². The van der Waals surface area contributed by atoms with Crippen LogP contribution in [0.3, 0.4) is 0 Å². The quantitative estimate of drug-likeness (QED) is 0.168. The average Bonchev–Trinajstić information content (AvgIpc) is 3.69. The van der Waals surface area contributed by atoms with Crippen molar-refractivity contribution in [2.45, 2.75) is 0 Å². The molecule has 0 amide bonds. The fraction of sp³-hybridized carbons (Fsp3) is 0. The first-order valence-electron chi connectivity index (χ1n) is 22.4. The van der Waals surface area contributed by atoms with E-state index in [4.69, 9.17) is 9.90 Å². The first-order valence-corrected chi connectivity index (χ1v) is 17.4. The van der Waals surface area contributed by atoms with Gasteiger partial charge in [0.15, 0.2) is 0 Å². The summed E-state index contributed by atoms with van der Waals surface area (Å²) in [5, 5.41) is 5.07. The third kappa shape index (κ3) is 4.58. The molecule has 0 saturated carbocycles. The molecule has 0 N–H and O–H groups in total. The molecular formula is C52H32O. The number of benzene rings is 10. The van der Waals surface area contributed by atoms with Crippen molar-refractivity contribution in [3.05, 3.63) is 194 Å². The Bertz CT molecular complexity index is 3800. The maximum Gasteiger partial charge on any atom is 0.143 e. The number of hydrogen-bond donors (Lipinski definition) is 0. The molecule has 11 aromatic rings. The van der Waals surface area contributed by atoms with Crippen LogP contribution < -0.4 is 0 Å². The Balaban J connectivity index is 1.26. The maximum atomic E-state index is 9.89. The third-order valence-electron chi connectivity index (χ3n) is 10.3. The number of para-hydroxylation sites is 1. The van der Waals surface area contributed by atoms with E-state index in [2.05, 4.69) is 24.3 Å². The van der Waals surface area contributed by atoms with Gasteiger partial charge >= 0.3 is 0 Å². The van der Waals surface area contributed by atoms with Crippen LogP contribution in [-0.2, 0) is 0 Å². The van der Waals surface area contributed by atoms with Crippen molar-refractivity contribution in [2.24, 2.45) is 0 Å². The summed E-state index contributed by atoms with van der Waals surface area (Å²) in [5.74, 6) is 0. The van der Waals surface area contributed by atoms with E-state index in [1.807, 2.05) is 84.9 Å². The largest absolute Gasteiger partial charge is 0.455 e. The summed E-state index contributed by atoms with van der Waals surface area (Å²) in [4.78, 5) is 0. The minimum atomic E-state index is -0.537. The molecule has 0 aliphatic rings. The summed E-state index contributed by atoms with van der Waals surface area (Å²) >= 11 is 0. The van der Waals surface area contributed by atoms with Gasteiger partial charge in [0.1, 0.15) is 11.2 Å². The lowest BCUT2D eigenvalue weighted by molar-refractivity contribution is 0.670. The monoisotopic (exact) mass is 682 g/mol. The van der Waals surface area contributed by atoms with Gasteiger partial charge in [-0.25, -0.2) is 0 Å². The summed E-state index contributed by atoms with van der Waals surface area (Å²) in [7, 11) is 0. The molecule has 1 nitrogen and oxygen atoms in total. The molecule has 0 spiro atoms. The molecule has 0 atom stereocenters. The van der Waals surface area contributed by atoms with Crippen molar-refractivity contribution in [3.63, 3.8) is 0 Å². The van der Waals surface area contributed by atoms with Crippen molar-refractivity contribution in [2.75, 3.05) is 0 Å². The molecule has 0 unspecified atom stereocenters. The molecule has 0 aliphatic heterocycles. The van der Waals surface area contributed by atoms with E-state index in [-0.39, 0.29) is 62.4 Å². The van der Waals surface area contributed by atoms with Crippen LogP contribution >= 0.6 is 0 Å². The van der Waals surface area contributed by atoms with Crippen LogP contribution in [0.4, 0.5) is 0 Å². The molecule has 0 fully saturated rings. The Morgan fingerprint density at radius 3 is 1.74 bits per heavy atom. The van der Waals surface area contributed by atoms with E-state index in [9.17, 15) is 8.22 Å². The molecule has 246 valence electrons. The average molecular weight is 683 g/mol. The standard InChI is InChI=1S/C52H32O/c1-2-15-34(16-3-1)50-41-21-8-10-23-43(41)51(44-24-11-9-22-42(44)50)45-30-29-37(38-19-6-7-20-40(38)45)35-28-31-49-48(32-35)47-27-13-26-46(52(47)53-49)39-25-12-17-33-14-4-5-18-36(33)39/h1-32H/i6D,7D,8D,10D,19D,20D,21D,23D,29D,30D. The molecule has 1 heterocycles. The molecule has 0 radical (unpaired) electrons. The first-order chi connectivity index (χ1) is 30.5. The molecule has 0 saturated heterocycles. The number of rotatable bonds is 4. The van der Waals surface area contributed by atoms with Gasteiger partial charge in [-0.15, -0.1) is 0 Å². The van der Waals surface area contributed by atoms with Gasteiger partial charge in [0.05, 0.1) is 13.7 Å². The second kappa shape index (κ2) is 11.8. The lowest BCUT2D eigenvalue weighted by Gasteiger charge is -2.19. The molecule has 11 rings (SSSR count). The first kappa shape index (κ1) is 21.4. The van der Waals surface area contributed by atoms with Crippen LogP contribution in [0.25, 0.3) is 110 Å². The topological polar surface area (TPSA) is 13.1 Å². The number of hydrogen-bond acceptors (Lipinski definition) is 1. The summed E-state index contributed by atoms with van der Waals surface area (Å²) < 4.78 is 99.3. The molecule has 1 aromatic heterocycles. The van der Waals surface area contributed by atoms with Crippen molar-refractivity contribution in [1.82, 2.24) is 0 Å². The van der Waals surface area contributed by atoms with Gasteiger partial charge in [0.2, 0.25) is 0 Å². The highest BCUT2D eigenvalue weighted by Gasteiger charge is 2.20. The zero-order chi connectivity index (χ0) is 43.6. The van der Waals surface area contributed by atoms with Crippen molar-refractivity contribution in [3.8, 4) is 44.5 Å². The fourth-order valence-electron chi connectivity index (χ4n) is 8.01. The highest BCUT2D eigenvalue weighted by molar-refractivity contribution is 6.24. The van der Waals surface area contributed by atoms with Gasteiger partial charge in [-0.3, -0.25) is 0 Å². The molecule has 0 bridgehead atoms. The second-order valence-electron chi connectivity index (χ2n) is 13.2. The predicted octanol–water partition coefficient (Wildman–Crippen LogP) is 14.9. The molecule has 53 heavy (non-hydrogen) atoms.